The van der Waals surface area contributed by atoms with Crippen LogP contribution in [-0.4, -0.2) is 32.1 Å². The van der Waals surface area contributed by atoms with Gasteiger partial charge in [0, 0.05) is 20.0 Å². The van der Waals surface area contributed by atoms with Gasteiger partial charge in [0.25, 0.3) is 0 Å². The second kappa shape index (κ2) is 13.7. The Morgan fingerprint density at radius 2 is 2.07 bits per heavy atom. The van der Waals surface area contributed by atoms with Gasteiger partial charge in [0.2, 0.25) is 5.91 Å². The average molecular weight is 516 g/mol. The Bertz CT molecular complexity index is 666. The molecule has 2 atom stereocenters. The number of carbonyl (C=O) groups excluding carboxylic acids is 1. The quantitative estimate of drug-likeness (QED) is 0.270. The summed E-state index contributed by atoms with van der Waals surface area (Å²) >= 11 is 0. The van der Waals surface area contributed by atoms with Crippen molar-refractivity contribution in [2.24, 2.45) is 16.8 Å². The Hall–Kier alpha value is -1.51. The molecule has 3 N–H and O–H groups in total. The molecule has 29 heavy (non-hydrogen) atoms. The summed E-state index contributed by atoms with van der Waals surface area (Å²) in [5, 5.41) is 9.59. The topological polar surface area (TPSA) is 74.8 Å². The Morgan fingerprint density at radius 3 is 2.72 bits per heavy atom. The van der Waals surface area contributed by atoms with E-state index in [0.717, 1.165) is 36.4 Å². The molecule has 0 aromatic heterocycles. The minimum absolute atomic E-state index is 0. The predicted octanol–water partition coefficient (Wildman–Crippen LogP) is 4.54. The first-order valence-corrected chi connectivity index (χ1v) is 10.5. The molecule has 0 spiro atoms. The molecule has 1 aromatic carbocycles. The summed E-state index contributed by atoms with van der Waals surface area (Å²) in [6.45, 7) is 8.24. The Morgan fingerprint density at radius 1 is 1.28 bits per heavy atom. The van der Waals surface area contributed by atoms with Crippen LogP contribution in [0.15, 0.2) is 23.2 Å². The van der Waals surface area contributed by atoms with Crippen LogP contribution in [0.2, 0.25) is 0 Å². The summed E-state index contributed by atoms with van der Waals surface area (Å²) in [7, 11) is 1.60. The number of methoxy groups -OCH3 is 1. The van der Waals surface area contributed by atoms with Crippen molar-refractivity contribution in [1.29, 1.82) is 0 Å². The normalized spacial score (nSPS) is 19.1. The molecule has 0 heterocycles. The molecule has 0 aliphatic heterocycles. The Labute approximate surface area is 192 Å². The molecule has 1 saturated carbocycles. The molecule has 0 radical (unpaired) electrons. The van der Waals surface area contributed by atoms with Crippen molar-refractivity contribution >= 4 is 41.5 Å². The highest BCUT2D eigenvalue weighted by Crippen LogP contribution is 2.30. The minimum atomic E-state index is -0.119. The maximum atomic E-state index is 11.4. The first-order chi connectivity index (χ1) is 13.5. The van der Waals surface area contributed by atoms with Gasteiger partial charge in [-0.1, -0.05) is 32.3 Å². The van der Waals surface area contributed by atoms with Crippen molar-refractivity contribution in [2.75, 3.05) is 25.5 Å². The van der Waals surface area contributed by atoms with Gasteiger partial charge in [0.1, 0.15) is 5.75 Å². The standard InChI is InChI=1S/C22H36N4O2.HI/c1-5-23-22(24-12-11-18-8-6-7-16(2)13-18)25-15-19-9-10-21(28-4)20(14-19)26-17(3)27;/h9-10,14,16,18H,5-8,11-13,15H2,1-4H3,(H,26,27)(H2,23,24,25);1H. The largest absolute Gasteiger partial charge is 0.495 e. The van der Waals surface area contributed by atoms with Crippen LogP contribution in [-0.2, 0) is 11.3 Å². The molecule has 1 aliphatic carbocycles. The number of ether oxygens (including phenoxy) is 1. The van der Waals surface area contributed by atoms with Crippen LogP contribution >= 0.6 is 24.0 Å². The zero-order chi connectivity index (χ0) is 20.4. The summed E-state index contributed by atoms with van der Waals surface area (Å²) in [6, 6.07) is 5.75. The summed E-state index contributed by atoms with van der Waals surface area (Å²) in [5.74, 6) is 3.07. The second-order valence-electron chi connectivity index (χ2n) is 7.76. The zero-order valence-electron chi connectivity index (χ0n) is 18.2. The molecular weight excluding hydrogens is 479 g/mol. The summed E-state index contributed by atoms with van der Waals surface area (Å²) < 4.78 is 5.31. The van der Waals surface area contributed by atoms with Gasteiger partial charge in [-0.25, -0.2) is 4.99 Å². The average Bonchev–Trinajstić information content (AvgIpc) is 2.66. The Kier molecular flexibility index (Phi) is 12.0. The third kappa shape index (κ3) is 9.23. The lowest BCUT2D eigenvalue weighted by atomic mass is 9.81. The molecular formula is C22H37IN4O2. The number of benzene rings is 1. The molecule has 1 amide bonds. The van der Waals surface area contributed by atoms with Crippen LogP contribution in [0.1, 0.15) is 58.4 Å². The van der Waals surface area contributed by atoms with Crippen molar-refractivity contribution in [3.8, 4) is 5.75 Å². The van der Waals surface area contributed by atoms with Crippen molar-refractivity contribution in [3.63, 3.8) is 0 Å². The molecule has 6 nitrogen and oxygen atoms in total. The number of amides is 1. The van der Waals surface area contributed by atoms with Crippen molar-refractivity contribution in [3.05, 3.63) is 23.8 Å². The summed E-state index contributed by atoms with van der Waals surface area (Å²) in [6.07, 6.45) is 6.67. The maximum Gasteiger partial charge on any atom is 0.221 e. The van der Waals surface area contributed by atoms with E-state index in [0.29, 0.717) is 18.0 Å². The van der Waals surface area contributed by atoms with E-state index in [1.165, 1.54) is 39.0 Å². The number of hydrogen-bond donors (Lipinski definition) is 3. The van der Waals surface area contributed by atoms with Crippen LogP contribution < -0.4 is 20.7 Å². The van der Waals surface area contributed by atoms with E-state index in [-0.39, 0.29) is 29.9 Å². The minimum Gasteiger partial charge on any atom is -0.495 e. The second-order valence-corrected chi connectivity index (χ2v) is 7.76. The summed E-state index contributed by atoms with van der Waals surface area (Å²) in [4.78, 5) is 16.1. The fraction of sp³-hybridized carbons (Fsp3) is 0.636. The van der Waals surface area contributed by atoms with Gasteiger partial charge < -0.3 is 20.7 Å². The lowest BCUT2D eigenvalue weighted by Crippen LogP contribution is -2.38. The summed E-state index contributed by atoms with van der Waals surface area (Å²) in [5.41, 5.74) is 1.69. The van der Waals surface area contributed by atoms with E-state index < -0.39 is 0 Å². The fourth-order valence-corrected chi connectivity index (χ4v) is 3.87. The molecule has 1 fully saturated rings. The number of rotatable bonds is 8. The van der Waals surface area contributed by atoms with Gasteiger partial charge >= 0.3 is 0 Å². The number of halogens is 1. The van der Waals surface area contributed by atoms with E-state index in [9.17, 15) is 4.79 Å². The van der Waals surface area contributed by atoms with Crippen LogP contribution in [0.3, 0.4) is 0 Å². The van der Waals surface area contributed by atoms with E-state index in [1.54, 1.807) is 7.11 Å². The Balaban J connectivity index is 0.00000420. The zero-order valence-corrected chi connectivity index (χ0v) is 20.5. The van der Waals surface area contributed by atoms with Gasteiger partial charge in [0.05, 0.1) is 19.3 Å². The van der Waals surface area contributed by atoms with Crippen LogP contribution in [0.5, 0.6) is 5.75 Å². The lowest BCUT2D eigenvalue weighted by Gasteiger charge is -2.26. The highest BCUT2D eigenvalue weighted by atomic mass is 127. The van der Waals surface area contributed by atoms with E-state index in [2.05, 4.69) is 29.8 Å². The van der Waals surface area contributed by atoms with Crippen molar-refractivity contribution in [1.82, 2.24) is 10.6 Å². The smallest absolute Gasteiger partial charge is 0.221 e. The number of anilines is 1. The van der Waals surface area contributed by atoms with Gasteiger partial charge in [-0.05, 0) is 49.3 Å². The van der Waals surface area contributed by atoms with Gasteiger partial charge in [-0.2, -0.15) is 0 Å². The molecule has 164 valence electrons. The number of aliphatic imine (C=N–C) groups is 1. The highest BCUT2D eigenvalue weighted by Gasteiger charge is 2.18. The molecule has 2 rings (SSSR count). The van der Waals surface area contributed by atoms with Gasteiger partial charge in [-0.3, -0.25) is 4.79 Å². The third-order valence-corrected chi connectivity index (χ3v) is 5.23. The molecule has 0 saturated heterocycles. The molecule has 2 unspecified atom stereocenters. The van der Waals surface area contributed by atoms with Crippen LogP contribution in [0, 0.1) is 11.8 Å². The number of carbonyl (C=O) groups is 1. The van der Waals surface area contributed by atoms with Crippen molar-refractivity contribution < 1.29 is 9.53 Å². The maximum absolute atomic E-state index is 11.4. The molecule has 0 bridgehead atoms. The molecule has 1 aromatic rings. The SMILES string of the molecule is CCNC(=NCc1ccc(OC)c(NC(C)=O)c1)NCCC1CCCC(C)C1.I. The first kappa shape index (κ1) is 25.5. The number of guanidine groups is 1. The predicted molar refractivity (Wildman–Crippen MR) is 131 cm³/mol. The molecule has 7 heteroatoms. The monoisotopic (exact) mass is 516 g/mol. The van der Waals surface area contributed by atoms with E-state index in [1.807, 2.05) is 18.2 Å². The fourth-order valence-electron chi connectivity index (χ4n) is 3.87. The first-order valence-electron chi connectivity index (χ1n) is 10.5. The number of nitrogens with one attached hydrogen (secondary N) is 3. The lowest BCUT2D eigenvalue weighted by molar-refractivity contribution is -0.114. The van der Waals surface area contributed by atoms with Crippen LogP contribution in [0.4, 0.5) is 5.69 Å². The third-order valence-electron chi connectivity index (χ3n) is 5.23. The van der Waals surface area contributed by atoms with E-state index >= 15 is 0 Å². The van der Waals surface area contributed by atoms with Crippen molar-refractivity contribution in [2.45, 2.75) is 59.4 Å². The van der Waals surface area contributed by atoms with Gasteiger partial charge in [-0.15, -0.1) is 24.0 Å². The van der Waals surface area contributed by atoms with Crippen LogP contribution in [0.25, 0.3) is 0 Å². The van der Waals surface area contributed by atoms with Gasteiger partial charge in [0.15, 0.2) is 5.96 Å². The number of nitrogens with zero attached hydrogens (tertiary/aromatic N) is 1. The molecule has 1 aliphatic rings. The van der Waals surface area contributed by atoms with E-state index in [4.69, 9.17) is 9.73 Å². The number of hydrogen-bond acceptors (Lipinski definition) is 3. The highest BCUT2D eigenvalue weighted by molar-refractivity contribution is 14.0.